The summed E-state index contributed by atoms with van der Waals surface area (Å²) in [5.41, 5.74) is 0. The maximum atomic E-state index is 5.77. The Kier molecular flexibility index (Phi) is 2.48. The van der Waals surface area contributed by atoms with E-state index in [1.165, 1.54) is 0 Å². The van der Waals surface area contributed by atoms with Gasteiger partial charge in [0.25, 0.3) is 5.89 Å². The molecule has 74 valence electrons. The second-order valence-corrected chi connectivity index (χ2v) is 3.70. The van der Waals surface area contributed by atoms with Crippen molar-refractivity contribution in [3.05, 3.63) is 23.2 Å². The summed E-state index contributed by atoms with van der Waals surface area (Å²) in [6, 6.07) is 3.25. The van der Waals surface area contributed by atoms with E-state index in [0.29, 0.717) is 11.6 Å². The molecule has 0 aliphatic rings. The third kappa shape index (κ3) is 1.76. The smallest absolute Gasteiger partial charge is 0.293 e. The normalized spacial score (nSPS) is 13.1. The van der Waals surface area contributed by atoms with Crippen LogP contribution in [-0.4, -0.2) is 10.1 Å². The lowest BCUT2D eigenvalue weighted by molar-refractivity contribution is 0.409. The number of nitrogens with zero attached hydrogens (tertiary/aromatic N) is 2. The zero-order valence-corrected chi connectivity index (χ0v) is 8.71. The predicted molar refractivity (Wildman–Crippen MR) is 51.3 cm³/mol. The minimum atomic E-state index is -0.294. The number of furan rings is 1. The lowest BCUT2D eigenvalue weighted by Gasteiger charge is -1.89. The standard InChI is InChI=1S/C8H6Cl2N2O2/c1-4(9)7-11-8(14-12-7)5-2-3-6(10)13-5/h2-4H,1H3. The van der Waals surface area contributed by atoms with Gasteiger partial charge in [-0.05, 0) is 30.7 Å². The van der Waals surface area contributed by atoms with Crippen LogP contribution in [0.15, 0.2) is 21.1 Å². The van der Waals surface area contributed by atoms with Gasteiger partial charge in [-0.3, -0.25) is 0 Å². The van der Waals surface area contributed by atoms with Crippen molar-refractivity contribution in [3.8, 4) is 11.7 Å². The van der Waals surface area contributed by atoms with Crippen molar-refractivity contribution in [2.75, 3.05) is 0 Å². The molecule has 2 aromatic heterocycles. The maximum absolute atomic E-state index is 5.77. The van der Waals surface area contributed by atoms with Crippen LogP contribution in [0.1, 0.15) is 18.1 Å². The minimum absolute atomic E-state index is 0.277. The predicted octanol–water partition coefficient (Wildman–Crippen LogP) is 3.28. The van der Waals surface area contributed by atoms with Crippen LogP contribution in [0.3, 0.4) is 0 Å². The van der Waals surface area contributed by atoms with E-state index in [0.717, 1.165) is 0 Å². The van der Waals surface area contributed by atoms with Gasteiger partial charge < -0.3 is 8.94 Å². The highest BCUT2D eigenvalue weighted by atomic mass is 35.5. The molecule has 14 heavy (non-hydrogen) atoms. The van der Waals surface area contributed by atoms with Crippen molar-refractivity contribution >= 4 is 23.2 Å². The van der Waals surface area contributed by atoms with Gasteiger partial charge in [-0.2, -0.15) is 4.98 Å². The number of aromatic nitrogens is 2. The first-order chi connectivity index (χ1) is 6.66. The van der Waals surface area contributed by atoms with Gasteiger partial charge >= 0.3 is 0 Å². The van der Waals surface area contributed by atoms with Crippen LogP contribution >= 0.6 is 23.2 Å². The van der Waals surface area contributed by atoms with Crippen molar-refractivity contribution < 1.29 is 8.94 Å². The van der Waals surface area contributed by atoms with Crippen LogP contribution in [-0.2, 0) is 0 Å². The topological polar surface area (TPSA) is 52.1 Å². The van der Waals surface area contributed by atoms with Crippen molar-refractivity contribution in [3.63, 3.8) is 0 Å². The molecule has 0 aliphatic carbocycles. The summed E-state index contributed by atoms with van der Waals surface area (Å²) in [6.07, 6.45) is 0. The molecule has 0 spiro atoms. The molecule has 0 saturated carbocycles. The molecule has 2 rings (SSSR count). The van der Waals surface area contributed by atoms with E-state index in [1.54, 1.807) is 19.1 Å². The largest absolute Gasteiger partial charge is 0.440 e. The van der Waals surface area contributed by atoms with Crippen LogP contribution in [0.4, 0.5) is 0 Å². The second kappa shape index (κ2) is 3.63. The molecule has 0 amide bonds. The molecule has 0 bridgehead atoms. The summed E-state index contributed by atoms with van der Waals surface area (Å²) in [4.78, 5) is 4.03. The number of rotatable bonds is 2. The summed E-state index contributed by atoms with van der Waals surface area (Å²) < 4.78 is 10.0. The molecule has 1 atom stereocenters. The van der Waals surface area contributed by atoms with Gasteiger partial charge in [0, 0.05) is 0 Å². The molecule has 0 radical (unpaired) electrons. The van der Waals surface area contributed by atoms with Gasteiger partial charge in [-0.1, -0.05) is 5.16 Å². The Balaban J connectivity index is 2.33. The monoisotopic (exact) mass is 232 g/mol. The van der Waals surface area contributed by atoms with Gasteiger partial charge in [-0.15, -0.1) is 11.6 Å². The molecule has 0 saturated heterocycles. The molecule has 0 N–H and O–H groups in total. The van der Waals surface area contributed by atoms with Crippen LogP contribution in [0.25, 0.3) is 11.7 Å². The number of alkyl halides is 1. The highest BCUT2D eigenvalue weighted by Crippen LogP contribution is 2.25. The van der Waals surface area contributed by atoms with E-state index < -0.39 is 0 Å². The highest BCUT2D eigenvalue weighted by molar-refractivity contribution is 6.28. The number of halogens is 2. The summed E-state index contributed by atoms with van der Waals surface area (Å²) in [6.45, 7) is 1.76. The van der Waals surface area contributed by atoms with Crippen molar-refractivity contribution in [2.24, 2.45) is 0 Å². The molecule has 0 fully saturated rings. The minimum Gasteiger partial charge on any atom is -0.440 e. The van der Waals surface area contributed by atoms with Gasteiger partial charge in [0.2, 0.25) is 0 Å². The molecule has 4 nitrogen and oxygen atoms in total. The van der Waals surface area contributed by atoms with Crippen molar-refractivity contribution in [1.82, 2.24) is 10.1 Å². The first kappa shape index (κ1) is 9.55. The van der Waals surface area contributed by atoms with Gasteiger partial charge in [0.1, 0.15) is 0 Å². The Hall–Kier alpha value is -1.00. The summed E-state index contributed by atoms with van der Waals surface area (Å²) in [5.74, 6) is 1.14. The van der Waals surface area contributed by atoms with E-state index in [2.05, 4.69) is 10.1 Å². The molecule has 2 aromatic rings. The summed E-state index contributed by atoms with van der Waals surface area (Å²) in [7, 11) is 0. The molecular formula is C8H6Cl2N2O2. The van der Waals surface area contributed by atoms with Crippen LogP contribution in [0.2, 0.25) is 5.22 Å². The first-order valence-corrected chi connectivity index (χ1v) is 4.71. The lowest BCUT2D eigenvalue weighted by atomic mass is 10.4. The van der Waals surface area contributed by atoms with Crippen molar-refractivity contribution in [1.29, 1.82) is 0 Å². The van der Waals surface area contributed by atoms with Gasteiger partial charge in [0.15, 0.2) is 16.8 Å². The SMILES string of the molecule is CC(Cl)c1noc(-c2ccc(Cl)o2)n1. The third-order valence-electron chi connectivity index (χ3n) is 1.58. The van der Waals surface area contributed by atoms with Crippen molar-refractivity contribution in [2.45, 2.75) is 12.3 Å². The molecule has 6 heteroatoms. The number of hydrogen-bond acceptors (Lipinski definition) is 4. The van der Waals surface area contributed by atoms with E-state index in [1.807, 2.05) is 0 Å². The Morgan fingerprint density at radius 3 is 2.71 bits per heavy atom. The van der Waals surface area contributed by atoms with Gasteiger partial charge in [-0.25, -0.2) is 0 Å². The summed E-state index contributed by atoms with van der Waals surface area (Å²) >= 11 is 11.4. The fourth-order valence-electron chi connectivity index (χ4n) is 0.926. The second-order valence-electron chi connectivity index (χ2n) is 2.68. The Morgan fingerprint density at radius 1 is 1.43 bits per heavy atom. The molecule has 0 aromatic carbocycles. The highest BCUT2D eigenvalue weighted by Gasteiger charge is 2.15. The van der Waals surface area contributed by atoms with Crippen LogP contribution < -0.4 is 0 Å². The molecular weight excluding hydrogens is 227 g/mol. The zero-order valence-electron chi connectivity index (χ0n) is 7.20. The molecule has 1 unspecified atom stereocenters. The fourth-order valence-corrected chi connectivity index (χ4v) is 1.16. The fraction of sp³-hybridized carbons (Fsp3) is 0.250. The maximum Gasteiger partial charge on any atom is 0.293 e. The molecule has 2 heterocycles. The Morgan fingerprint density at radius 2 is 2.21 bits per heavy atom. The van der Waals surface area contributed by atoms with E-state index >= 15 is 0 Å². The molecule has 0 aliphatic heterocycles. The van der Waals surface area contributed by atoms with E-state index in [-0.39, 0.29) is 16.5 Å². The zero-order chi connectivity index (χ0) is 10.1. The lowest BCUT2D eigenvalue weighted by Crippen LogP contribution is -1.86. The first-order valence-electron chi connectivity index (χ1n) is 3.90. The van der Waals surface area contributed by atoms with Crippen LogP contribution in [0, 0.1) is 0 Å². The average Bonchev–Trinajstić information content (AvgIpc) is 2.70. The Labute approximate surface area is 89.8 Å². The summed E-state index contributed by atoms with van der Waals surface area (Å²) in [5, 5.41) is 3.66. The average molecular weight is 233 g/mol. The number of hydrogen-bond donors (Lipinski definition) is 0. The quantitative estimate of drug-likeness (QED) is 0.746. The van der Waals surface area contributed by atoms with Gasteiger partial charge in [0.05, 0.1) is 5.38 Å². The van der Waals surface area contributed by atoms with Crippen LogP contribution in [0.5, 0.6) is 0 Å². The third-order valence-corrected chi connectivity index (χ3v) is 1.98. The van der Waals surface area contributed by atoms with E-state index in [9.17, 15) is 0 Å². The van der Waals surface area contributed by atoms with E-state index in [4.69, 9.17) is 32.1 Å². The Bertz CT molecular complexity index is 436.